The highest BCUT2D eigenvalue weighted by atomic mass is 16.6. The van der Waals surface area contributed by atoms with Gasteiger partial charge in [-0.05, 0) is 52.3 Å². The summed E-state index contributed by atoms with van der Waals surface area (Å²) in [5.74, 6) is 5.76. The lowest BCUT2D eigenvalue weighted by atomic mass is 10.1. The molecule has 0 radical (unpaired) electrons. The second-order valence-electron chi connectivity index (χ2n) is 6.51. The zero-order valence-corrected chi connectivity index (χ0v) is 16.0. The van der Waals surface area contributed by atoms with Crippen molar-refractivity contribution in [2.75, 3.05) is 13.2 Å². The number of ether oxygens (including phenoxy) is 3. The van der Waals surface area contributed by atoms with Gasteiger partial charge in [0.25, 0.3) is 0 Å². The first-order valence-electron chi connectivity index (χ1n) is 8.52. The third kappa shape index (κ3) is 8.43. The fraction of sp³-hybridized carbons (Fsp3) is 0.500. The third-order valence-electron chi connectivity index (χ3n) is 3.11. The average molecular weight is 361 g/mol. The van der Waals surface area contributed by atoms with E-state index in [9.17, 15) is 9.59 Å². The summed E-state index contributed by atoms with van der Waals surface area (Å²) in [6, 6.07) is 6.42. The van der Waals surface area contributed by atoms with Crippen LogP contribution in [-0.4, -0.2) is 36.9 Å². The van der Waals surface area contributed by atoms with E-state index in [4.69, 9.17) is 14.2 Å². The average Bonchev–Trinajstić information content (AvgIpc) is 2.54. The molecule has 6 heteroatoms. The molecule has 1 aromatic rings. The van der Waals surface area contributed by atoms with Crippen molar-refractivity contribution >= 4 is 12.1 Å². The summed E-state index contributed by atoms with van der Waals surface area (Å²) >= 11 is 0. The summed E-state index contributed by atoms with van der Waals surface area (Å²) in [5.41, 5.74) is 0.206. The van der Waals surface area contributed by atoms with Crippen LogP contribution in [0, 0.1) is 11.8 Å². The van der Waals surface area contributed by atoms with Crippen molar-refractivity contribution in [2.45, 2.75) is 52.7 Å². The van der Waals surface area contributed by atoms with Gasteiger partial charge in [0.2, 0.25) is 0 Å². The highest BCUT2D eigenvalue weighted by Crippen LogP contribution is 2.14. The summed E-state index contributed by atoms with van der Waals surface area (Å²) < 4.78 is 15.7. The van der Waals surface area contributed by atoms with Crippen LogP contribution in [0.15, 0.2) is 24.3 Å². The Morgan fingerprint density at radius 3 is 2.38 bits per heavy atom. The van der Waals surface area contributed by atoms with Crippen molar-refractivity contribution in [3.05, 3.63) is 29.8 Å². The maximum atomic E-state index is 12.2. The SMILES string of the molecule is CC#CCOc1ccc(C[C@H](NC(=O)OC(C)(C)C)C(=O)OCC)cc1. The molecule has 26 heavy (non-hydrogen) atoms. The molecule has 1 N–H and O–H groups in total. The molecule has 0 saturated heterocycles. The lowest BCUT2D eigenvalue weighted by Crippen LogP contribution is -2.45. The maximum Gasteiger partial charge on any atom is 0.408 e. The highest BCUT2D eigenvalue weighted by Gasteiger charge is 2.25. The van der Waals surface area contributed by atoms with Crippen LogP contribution in [0.4, 0.5) is 4.79 Å². The number of amides is 1. The molecule has 0 aliphatic carbocycles. The molecule has 1 aromatic carbocycles. The van der Waals surface area contributed by atoms with E-state index in [1.165, 1.54) is 0 Å². The second-order valence-corrected chi connectivity index (χ2v) is 6.51. The first-order valence-corrected chi connectivity index (χ1v) is 8.52. The summed E-state index contributed by atoms with van der Waals surface area (Å²) in [4.78, 5) is 24.2. The van der Waals surface area contributed by atoms with Gasteiger partial charge in [0.1, 0.15) is 24.0 Å². The predicted molar refractivity (Wildman–Crippen MR) is 98.9 cm³/mol. The molecule has 0 fully saturated rings. The molecule has 1 atom stereocenters. The van der Waals surface area contributed by atoms with Crippen LogP contribution in [0.2, 0.25) is 0 Å². The molecular formula is C20H27NO5. The van der Waals surface area contributed by atoms with Gasteiger partial charge < -0.3 is 19.5 Å². The van der Waals surface area contributed by atoms with E-state index in [1.807, 2.05) is 12.1 Å². The van der Waals surface area contributed by atoms with Gasteiger partial charge in [-0.2, -0.15) is 0 Å². The lowest BCUT2D eigenvalue weighted by molar-refractivity contribution is -0.145. The predicted octanol–water partition coefficient (Wildman–Crippen LogP) is 3.09. The van der Waals surface area contributed by atoms with Crippen LogP contribution >= 0.6 is 0 Å². The molecular weight excluding hydrogens is 334 g/mol. The molecule has 1 amide bonds. The Balaban J connectivity index is 2.76. The zero-order chi connectivity index (χ0) is 19.6. The number of hydrogen-bond donors (Lipinski definition) is 1. The van der Waals surface area contributed by atoms with Crippen LogP contribution in [-0.2, 0) is 20.7 Å². The van der Waals surface area contributed by atoms with Gasteiger partial charge in [-0.1, -0.05) is 18.1 Å². The Bertz CT molecular complexity index is 650. The normalized spacial score (nSPS) is 11.6. The molecule has 0 spiro atoms. The van der Waals surface area contributed by atoms with E-state index in [-0.39, 0.29) is 13.0 Å². The van der Waals surface area contributed by atoms with Crippen molar-refractivity contribution in [1.29, 1.82) is 0 Å². The van der Waals surface area contributed by atoms with E-state index in [1.54, 1.807) is 46.8 Å². The number of alkyl carbamates (subject to hydrolysis) is 1. The van der Waals surface area contributed by atoms with Crippen LogP contribution in [0.25, 0.3) is 0 Å². The molecule has 1 rings (SSSR count). The molecule has 0 heterocycles. The zero-order valence-electron chi connectivity index (χ0n) is 16.0. The minimum absolute atomic E-state index is 0.233. The molecule has 0 aliphatic rings. The van der Waals surface area contributed by atoms with Gasteiger partial charge in [0, 0.05) is 6.42 Å². The second kappa shape index (κ2) is 10.3. The quantitative estimate of drug-likeness (QED) is 0.597. The summed E-state index contributed by atoms with van der Waals surface area (Å²) in [5, 5.41) is 2.58. The highest BCUT2D eigenvalue weighted by molar-refractivity contribution is 5.81. The largest absolute Gasteiger partial charge is 0.481 e. The fourth-order valence-corrected chi connectivity index (χ4v) is 2.04. The van der Waals surface area contributed by atoms with Gasteiger partial charge >= 0.3 is 12.1 Å². The van der Waals surface area contributed by atoms with Crippen molar-refractivity contribution in [1.82, 2.24) is 5.32 Å². The van der Waals surface area contributed by atoms with E-state index >= 15 is 0 Å². The van der Waals surface area contributed by atoms with E-state index in [0.717, 1.165) is 5.56 Å². The van der Waals surface area contributed by atoms with E-state index in [2.05, 4.69) is 17.2 Å². The monoisotopic (exact) mass is 361 g/mol. The van der Waals surface area contributed by atoms with E-state index < -0.39 is 23.7 Å². The standard InChI is InChI=1S/C20H27NO5/c1-6-8-13-25-16-11-9-15(10-12-16)14-17(18(22)24-7-2)21-19(23)26-20(3,4)5/h9-12,17H,7,13-14H2,1-5H3,(H,21,23)/t17-/m0/s1. The van der Waals surface area contributed by atoms with Gasteiger partial charge in [0.15, 0.2) is 0 Å². The van der Waals surface area contributed by atoms with E-state index in [0.29, 0.717) is 12.4 Å². The van der Waals surface area contributed by atoms with Crippen molar-refractivity contribution in [3.63, 3.8) is 0 Å². The number of carbonyl (C=O) groups is 2. The van der Waals surface area contributed by atoms with Crippen LogP contribution in [0.5, 0.6) is 5.75 Å². The molecule has 0 unspecified atom stereocenters. The van der Waals surface area contributed by atoms with Gasteiger partial charge in [-0.3, -0.25) is 0 Å². The Morgan fingerprint density at radius 2 is 1.85 bits per heavy atom. The summed E-state index contributed by atoms with van der Waals surface area (Å²) in [6.07, 6.45) is -0.374. The van der Waals surface area contributed by atoms with Crippen molar-refractivity contribution in [2.24, 2.45) is 0 Å². The number of benzene rings is 1. The van der Waals surface area contributed by atoms with Crippen LogP contribution in [0.1, 0.15) is 40.2 Å². The smallest absolute Gasteiger partial charge is 0.408 e. The first-order chi connectivity index (χ1) is 12.2. The number of hydrogen-bond acceptors (Lipinski definition) is 5. The number of nitrogens with one attached hydrogen (secondary N) is 1. The van der Waals surface area contributed by atoms with Gasteiger partial charge in [0.05, 0.1) is 6.61 Å². The minimum atomic E-state index is -0.831. The summed E-state index contributed by atoms with van der Waals surface area (Å²) in [7, 11) is 0. The van der Waals surface area contributed by atoms with Crippen molar-refractivity contribution in [3.8, 4) is 17.6 Å². The minimum Gasteiger partial charge on any atom is -0.481 e. The van der Waals surface area contributed by atoms with Crippen molar-refractivity contribution < 1.29 is 23.8 Å². The lowest BCUT2D eigenvalue weighted by Gasteiger charge is -2.23. The Labute approximate surface area is 155 Å². The Hall–Kier alpha value is -2.68. The number of carbonyl (C=O) groups excluding carboxylic acids is 2. The molecule has 0 aliphatic heterocycles. The topological polar surface area (TPSA) is 73.9 Å². The first kappa shape index (κ1) is 21.4. The maximum absolute atomic E-state index is 12.2. The van der Waals surface area contributed by atoms with Crippen LogP contribution < -0.4 is 10.1 Å². The summed E-state index contributed by atoms with van der Waals surface area (Å²) in [6.45, 7) is 9.29. The molecule has 0 aromatic heterocycles. The molecule has 0 saturated carbocycles. The van der Waals surface area contributed by atoms with Crippen LogP contribution in [0.3, 0.4) is 0 Å². The molecule has 6 nitrogen and oxygen atoms in total. The molecule has 142 valence electrons. The van der Waals surface area contributed by atoms with Gasteiger partial charge in [-0.15, -0.1) is 5.92 Å². The number of rotatable bonds is 7. The third-order valence-corrected chi connectivity index (χ3v) is 3.11. The Morgan fingerprint density at radius 1 is 1.19 bits per heavy atom. The molecule has 0 bridgehead atoms. The van der Waals surface area contributed by atoms with Gasteiger partial charge in [-0.25, -0.2) is 9.59 Å². The fourth-order valence-electron chi connectivity index (χ4n) is 2.04. The number of esters is 1. The Kier molecular flexibility index (Phi) is 8.50.